The highest BCUT2D eigenvalue weighted by Gasteiger charge is 2.08. The molecule has 0 fully saturated rings. The molecule has 5 nitrogen and oxygen atoms in total. The van der Waals surface area contributed by atoms with Crippen LogP contribution in [0.15, 0.2) is 40.9 Å². The van der Waals surface area contributed by atoms with Crippen molar-refractivity contribution in [3.8, 4) is 0 Å². The number of rotatable bonds is 2. The molecule has 0 aliphatic rings. The van der Waals surface area contributed by atoms with Gasteiger partial charge in [0.25, 0.3) is 0 Å². The first kappa shape index (κ1) is 11.2. The van der Waals surface area contributed by atoms with E-state index < -0.39 is 0 Å². The lowest BCUT2D eigenvalue weighted by Gasteiger charge is -1.96. The van der Waals surface area contributed by atoms with Crippen molar-refractivity contribution < 1.29 is 4.42 Å². The van der Waals surface area contributed by atoms with Gasteiger partial charge in [-0.1, -0.05) is 12.1 Å². The summed E-state index contributed by atoms with van der Waals surface area (Å²) in [5.74, 6) is 1.56. The number of oxazole rings is 1. The van der Waals surface area contributed by atoms with Crippen LogP contribution in [0.3, 0.4) is 0 Å². The van der Waals surface area contributed by atoms with Gasteiger partial charge in [-0.3, -0.25) is 0 Å². The van der Waals surface area contributed by atoms with E-state index in [1.54, 1.807) is 0 Å². The molecule has 0 amide bonds. The molecule has 3 heterocycles. The van der Waals surface area contributed by atoms with Gasteiger partial charge in [-0.15, -0.1) is 0 Å². The molecule has 0 bridgehead atoms. The summed E-state index contributed by atoms with van der Waals surface area (Å²) in [5.41, 5.74) is 4.43. The number of benzene rings is 1. The third kappa shape index (κ3) is 1.84. The summed E-state index contributed by atoms with van der Waals surface area (Å²) < 4.78 is 5.72. The SMILES string of the molecule is Cc1nc2ncc(Cc3nc4ccccc4o3)cc2[nH]1. The number of nitrogens with one attached hydrogen (secondary N) is 1. The Morgan fingerprint density at radius 1 is 1.20 bits per heavy atom. The van der Waals surface area contributed by atoms with E-state index in [2.05, 4.69) is 19.9 Å². The highest BCUT2D eigenvalue weighted by atomic mass is 16.3. The van der Waals surface area contributed by atoms with Crippen LogP contribution in [0.1, 0.15) is 17.3 Å². The standard InChI is InChI=1S/C15H12N4O/c1-9-17-12-6-10(8-16-15(12)18-9)7-14-19-11-4-2-3-5-13(11)20-14/h2-6,8H,7H2,1H3,(H,16,17,18). The molecule has 20 heavy (non-hydrogen) atoms. The fourth-order valence-electron chi connectivity index (χ4n) is 2.33. The van der Waals surface area contributed by atoms with E-state index in [-0.39, 0.29) is 0 Å². The highest BCUT2D eigenvalue weighted by molar-refractivity contribution is 5.73. The third-order valence-electron chi connectivity index (χ3n) is 3.21. The second-order valence-corrected chi connectivity index (χ2v) is 4.79. The van der Waals surface area contributed by atoms with E-state index in [0.717, 1.165) is 33.7 Å². The molecule has 1 N–H and O–H groups in total. The zero-order valence-corrected chi connectivity index (χ0v) is 10.9. The van der Waals surface area contributed by atoms with Crippen LogP contribution in [0, 0.1) is 6.92 Å². The largest absolute Gasteiger partial charge is 0.440 e. The number of nitrogens with zero attached hydrogens (tertiary/aromatic N) is 3. The van der Waals surface area contributed by atoms with Crippen molar-refractivity contribution in [1.82, 2.24) is 19.9 Å². The van der Waals surface area contributed by atoms with Gasteiger partial charge >= 0.3 is 0 Å². The van der Waals surface area contributed by atoms with Crippen LogP contribution in [0.25, 0.3) is 22.3 Å². The number of aryl methyl sites for hydroxylation is 1. The molecular formula is C15H12N4O. The molecule has 0 atom stereocenters. The lowest BCUT2D eigenvalue weighted by molar-refractivity contribution is 0.544. The lowest BCUT2D eigenvalue weighted by Crippen LogP contribution is -1.90. The molecular weight excluding hydrogens is 252 g/mol. The van der Waals surface area contributed by atoms with Crippen molar-refractivity contribution in [3.63, 3.8) is 0 Å². The molecule has 0 spiro atoms. The Labute approximate surface area is 114 Å². The maximum absolute atomic E-state index is 5.72. The van der Waals surface area contributed by atoms with E-state index >= 15 is 0 Å². The maximum atomic E-state index is 5.72. The minimum atomic E-state index is 0.621. The second-order valence-electron chi connectivity index (χ2n) is 4.79. The summed E-state index contributed by atoms with van der Waals surface area (Å²) in [6, 6.07) is 9.80. The molecule has 4 rings (SSSR count). The lowest BCUT2D eigenvalue weighted by atomic mass is 10.2. The number of imidazole rings is 1. The van der Waals surface area contributed by atoms with Gasteiger partial charge in [0.05, 0.1) is 11.9 Å². The van der Waals surface area contributed by atoms with Crippen LogP contribution in [-0.2, 0) is 6.42 Å². The van der Waals surface area contributed by atoms with Crippen LogP contribution >= 0.6 is 0 Å². The Balaban J connectivity index is 1.72. The Hall–Kier alpha value is -2.69. The number of hydrogen-bond acceptors (Lipinski definition) is 4. The van der Waals surface area contributed by atoms with E-state index in [1.807, 2.05) is 43.5 Å². The maximum Gasteiger partial charge on any atom is 0.199 e. The molecule has 0 saturated carbocycles. The van der Waals surface area contributed by atoms with Crippen molar-refractivity contribution in [2.75, 3.05) is 0 Å². The van der Waals surface area contributed by atoms with Gasteiger partial charge in [0.2, 0.25) is 0 Å². The first-order chi connectivity index (χ1) is 9.78. The fourth-order valence-corrected chi connectivity index (χ4v) is 2.33. The molecule has 3 aromatic heterocycles. The summed E-state index contributed by atoms with van der Waals surface area (Å²) in [6.45, 7) is 1.92. The number of hydrogen-bond donors (Lipinski definition) is 1. The topological polar surface area (TPSA) is 67.6 Å². The van der Waals surface area contributed by atoms with Crippen molar-refractivity contribution in [2.45, 2.75) is 13.3 Å². The number of para-hydroxylation sites is 2. The first-order valence-corrected chi connectivity index (χ1v) is 6.43. The van der Waals surface area contributed by atoms with E-state index in [4.69, 9.17) is 4.42 Å². The number of H-pyrrole nitrogens is 1. The number of aromatic amines is 1. The summed E-state index contributed by atoms with van der Waals surface area (Å²) >= 11 is 0. The monoisotopic (exact) mass is 264 g/mol. The zero-order valence-electron chi connectivity index (χ0n) is 10.9. The van der Waals surface area contributed by atoms with E-state index in [1.165, 1.54) is 0 Å². The molecule has 0 saturated heterocycles. The first-order valence-electron chi connectivity index (χ1n) is 6.43. The predicted molar refractivity (Wildman–Crippen MR) is 75.4 cm³/mol. The third-order valence-corrected chi connectivity index (χ3v) is 3.21. The normalized spacial score (nSPS) is 11.4. The fraction of sp³-hybridized carbons (Fsp3) is 0.133. The molecule has 0 aliphatic heterocycles. The van der Waals surface area contributed by atoms with Crippen LogP contribution in [0.2, 0.25) is 0 Å². The van der Waals surface area contributed by atoms with Gasteiger partial charge in [-0.25, -0.2) is 15.0 Å². The van der Waals surface area contributed by atoms with Crippen molar-refractivity contribution in [2.24, 2.45) is 0 Å². The molecule has 4 aromatic rings. The van der Waals surface area contributed by atoms with Crippen molar-refractivity contribution in [3.05, 3.63) is 53.8 Å². The molecule has 0 radical (unpaired) electrons. The highest BCUT2D eigenvalue weighted by Crippen LogP contribution is 2.18. The number of aromatic nitrogens is 4. The molecule has 1 aromatic carbocycles. The Kier molecular flexibility index (Phi) is 2.32. The molecule has 98 valence electrons. The quantitative estimate of drug-likeness (QED) is 0.604. The van der Waals surface area contributed by atoms with E-state index in [0.29, 0.717) is 12.3 Å². The van der Waals surface area contributed by atoms with Gasteiger partial charge < -0.3 is 9.40 Å². The average molecular weight is 264 g/mol. The van der Waals surface area contributed by atoms with Crippen LogP contribution in [-0.4, -0.2) is 19.9 Å². The summed E-state index contributed by atoms with van der Waals surface area (Å²) in [5, 5.41) is 0. The van der Waals surface area contributed by atoms with Gasteiger partial charge in [0.1, 0.15) is 11.3 Å². The average Bonchev–Trinajstić information content (AvgIpc) is 2.99. The van der Waals surface area contributed by atoms with Crippen molar-refractivity contribution >= 4 is 22.3 Å². The van der Waals surface area contributed by atoms with Crippen molar-refractivity contribution in [1.29, 1.82) is 0 Å². The molecule has 0 aliphatic carbocycles. The van der Waals surface area contributed by atoms with Gasteiger partial charge in [-0.05, 0) is 30.7 Å². The smallest absolute Gasteiger partial charge is 0.199 e. The number of pyridine rings is 1. The van der Waals surface area contributed by atoms with Crippen LogP contribution in [0.4, 0.5) is 0 Å². The second kappa shape index (κ2) is 4.16. The molecule has 0 unspecified atom stereocenters. The Morgan fingerprint density at radius 3 is 3.00 bits per heavy atom. The van der Waals surface area contributed by atoms with Gasteiger partial charge in [-0.2, -0.15) is 0 Å². The minimum Gasteiger partial charge on any atom is -0.440 e. The Morgan fingerprint density at radius 2 is 2.10 bits per heavy atom. The predicted octanol–water partition coefficient (Wildman–Crippen LogP) is 3.00. The summed E-state index contributed by atoms with van der Waals surface area (Å²) in [6.07, 6.45) is 2.44. The minimum absolute atomic E-state index is 0.621. The summed E-state index contributed by atoms with van der Waals surface area (Å²) in [7, 11) is 0. The Bertz CT molecular complexity index is 873. The summed E-state index contributed by atoms with van der Waals surface area (Å²) in [4.78, 5) is 16.3. The van der Waals surface area contributed by atoms with Gasteiger partial charge in [0.15, 0.2) is 17.1 Å². The zero-order chi connectivity index (χ0) is 13.5. The van der Waals surface area contributed by atoms with Crippen LogP contribution in [0.5, 0.6) is 0 Å². The van der Waals surface area contributed by atoms with Crippen LogP contribution < -0.4 is 0 Å². The van der Waals surface area contributed by atoms with Gasteiger partial charge in [0, 0.05) is 6.20 Å². The molecule has 5 heteroatoms. The number of fused-ring (bicyclic) bond motifs is 2. The van der Waals surface area contributed by atoms with E-state index in [9.17, 15) is 0 Å².